The molecule has 1 aliphatic rings. The lowest BCUT2D eigenvalue weighted by atomic mass is 10.2. The third kappa shape index (κ3) is 2.34. The van der Waals surface area contributed by atoms with Crippen LogP contribution in [0.25, 0.3) is 0 Å². The molecule has 14 heavy (non-hydrogen) atoms. The van der Waals surface area contributed by atoms with Gasteiger partial charge in [-0.25, -0.2) is 8.42 Å². The molecule has 0 aliphatic carbocycles. The fourth-order valence-electron chi connectivity index (χ4n) is 1.18. The third-order valence-electron chi connectivity index (χ3n) is 1.69. The summed E-state index contributed by atoms with van der Waals surface area (Å²) in [6.07, 6.45) is -1.23. The quantitative estimate of drug-likeness (QED) is 0.261. The van der Waals surface area contributed by atoms with Crippen LogP contribution in [0.2, 0.25) is 0 Å². The number of hydrogen-bond donors (Lipinski definition) is 0. The van der Waals surface area contributed by atoms with Crippen molar-refractivity contribution in [2.45, 2.75) is 13.0 Å². The normalized spacial score (nSPS) is 24.6. The summed E-state index contributed by atoms with van der Waals surface area (Å²) in [7, 11) is -3.49. The van der Waals surface area contributed by atoms with E-state index in [0.717, 1.165) is 6.92 Å². The maximum absolute atomic E-state index is 11.0. The Labute approximate surface area is 80.1 Å². The van der Waals surface area contributed by atoms with Crippen LogP contribution in [0.4, 0.5) is 0 Å². The number of nitrogens with zero attached hydrogens (tertiary/aromatic N) is 1. The van der Waals surface area contributed by atoms with Crippen LogP contribution in [-0.2, 0) is 19.4 Å². The van der Waals surface area contributed by atoms with Crippen LogP contribution in [0, 0.1) is 16.2 Å². The van der Waals surface area contributed by atoms with E-state index in [1.807, 2.05) is 0 Å². The number of rotatable bonds is 2. The van der Waals surface area contributed by atoms with Crippen LogP contribution in [-0.4, -0.2) is 36.9 Å². The Morgan fingerprint density at radius 1 is 1.64 bits per heavy atom. The van der Waals surface area contributed by atoms with Crippen LogP contribution < -0.4 is 0 Å². The van der Waals surface area contributed by atoms with Crippen molar-refractivity contribution in [3.8, 4) is 0 Å². The first kappa shape index (κ1) is 10.8. The van der Waals surface area contributed by atoms with Crippen molar-refractivity contribution in [1.82, 2.24) is 0 Å². The van der Waals surface area contributed by atoms with Gasteiger partial charge in [0.1, 0.15) is 9.84 Å². The summed E-state index contributed by atoms with van der Waals surface area (Å²) in [5, 5.41) is 10.4. The first-order chi connectivity index (χ1) is 6.32. The van der Waals surface area contributed by atoms with E-state index in [1.165, 1.54) is 0 Å². The van der Waals surface area contributed by atoms with E-state index in [1.54, 1.807) is 0 Å². The minimum Gasteiger partial charge on any atom is -0.486 e. The largest absolute Gasteiger partial charge is 0.486 e. The number of esters is 1. The Morgan fingerprint density at radius 3 is 2.64 bits per heavy atom. The highest BCUT2D eigenvalue weighted by molar-refractivity contribution is 7.91. The molecule has 1 saturated heterocycles. The predicted molar refractivity (Wildman–Crippen MR) is 44.4 cm³/mol. The molecule has 0 aromatic rings. The molecule has 0 saturated carbocycles. The van der Waals surface area contributed by atoms with E-state index in [0.29, 0.717) is 0 Å². The van der Waals surface area contributed by atoms with Gasteiger partial charge in [0.25, 0.3) is 0 Å². The Kier molecular flexibility index (Phi) is 2.65. The maximum Gasteiger partial charge on any atom is 0.300 e. The summed E-state index contributed by atoms with van der Waals surface area (Å²) in [6.45, 7) is 1.07. The smallest absolute Gasteiger partial charge is 0.300 e. The van der Waals surface area contributed by atoms with Gasteiger partial charge in [0.2, 0.25) is 0 Å². The molecule has 1 heterocycles. The van der Waals surface area contributed by atoms with Gasteiger partial charge in [0.15, 0.2) is 0 Å². The van der Waals surface area contributed by atoms with Gasteiger partial charge in [-0.3, -0.25) is 14.9 Å². The minimum absolute atomic E-state index is 0.472. The zero-order chi connectivity index (χ0) is 10.9. The summed E-state index contributed by atoms with van der Waals surface area (Å²) in [5.74, 6) is -1.87. The zero-order valence-electron chi connectivity index (χ0n) is 7.30. The van der Waals surface area contributed by atoms with Crippen molar-refractivity contribution in [3.63, 3.8) is 0 Å². The average molecular weight is 222 g/mol. The van der Waals surface area contributed by atoms with Gasteiger partial charge < -0.3 is 4.74 Å². The monoisotopic (exact) mass is 222 g/mol. The van der Waals surface area contributed by atoms with Crippen molar-refractivity contribution < 1.29 is 22.9 Å². The fourth-order valence-corrected chi connectivity index (χ4v) is 2.76. The summed E-state index contributed by atoms with van der Waals surface area (Å²) in [5.41, 5.74) is 0. The zero-order valence-corrected chi connectivity index (χ0v) is 8.11. The highest BCUT2D eigenvalue weighted by Gasteiger charge is 2.36. The Balaban J connectivity index is 2.83. The lowest BCUT2D eigenvalue weighted by molar-refractivity contribution is -0.471. The molecule has 0 N–H and O–H groups in total. The molecule has 1 rings (SSSR count). The molecule has 0 radical (unpaired) electrons. The lowest BCUT2D eigenvalue weighted by Crippen LogP contribution is -2.28. The Morgan fingerprint density at radius 2 is 2.21 bits per heavy atom. The fraction of sp³-hybridized carbons (Fsp3) is 0.667. The highest BCUT2D eigenvalue weighted by Crippen LogP contribution is 2.24. The van der Waals surface area contributed by atoms with E-state index < -0.39 is 44.4 Å². The van der Waals surface area contributed by atoms with Gasteiger partial charge in [0, 0.05) is 18.7 Å². The molecule has 0 bridgehead atoms. The lowest BCUT2D eigenvalue weighted by Gasteiger charge is -2.21. The molecule has 1 aliphatic heterocycles. The molecule has 1 atom stereocenters. The molecule has 80 valence electrons. The topological polar surface area (TPSA) is 104 Å². The Hall–Kier alpha value is -1.31. The Bertz CT molecular complexity index is 361. The van der Waals surface area contributed by atoms with Crippen LogP contribution in [0.3, 0.4) is 0 Å². The number of sulfone groups is 1. The first-order valence-electron chi connectivity index (χ1n) is 3.69. The van der Waals surface area contributed by atoms with Crippen molar-refractivity contribution in [2.75, 3.05) is 11.5 Å². The molecule has 0 aromatic carbocycles. The van der Waals surface area contributed by atoms with E-state index in [4.69, 9.17) is 0 Å². The van der Waals surface area contributed by atoms with Crippen LogP contribution in [0.1, 0.15) is 6.92 Å². The van der Waals surface area contributed by atoms with Crippen molar-refractivity contribution in [1.29, 1.82) is 0 Å². The van der Waals surface area contributed by atoms with Crippen molar-refractivity contribution >= 4 is 15.8 Å². The molecule has 0 amide bonds. The maximum atomic E-state index is 11.0. The standard InChI is InChI=1S/C6H8NO6S/c1-4(8)13-6-3-14(11,12)2-5(6)7(9)10/h6H,2-3H2,1H3/q-1. The van der Waals surface area contributed by atoms with Crippen molar-refractivity contribution in [3.05, 3.63) is 16.2 Å². The molecular formula is C6H8NO6S-. The highest BCUT2D eigenvalue weighted by atomic mass is 32.2. The van der Waals surface area contributed by atoms with Gasteiger partial charge in [0.05, 0.1) is 11.9 Å². The van der Waals surface area contributed by atoms with Crippen LogP contribution in [0.5, 0.6) is 0 Å². The third-order valence-corrected chi connectivity index (χ3v) is 3.23. The number of nitro groups is 1. The van der Waals surface area contributed by atoms with Crippen LogP contribution >= 0.6 is 0 Å². The number of carbonyl (C=O) groups excluding carboxylic acids is 1. The molecule has 1 unspecified atom stereocenters. The number of carbonyl (C=O) groups is 1. The average Bonchev–Trinajstić information content (AvgIpc) is 2.24. The SMILES string of the molecule is CC(=O)OC1CS(=O)(=O)C[C-]1[N+](=O)[O-]. The summed E-state index contributed by atoms with van der Waals surface area (Å²) >= 11 is 0. The summed E-state index contributed by atoms with van der Waals surface area (Å²) in [6, 6.07) is -0.472. The first-order valence-corrected chi connectivity index (χ1v) is 5.52. The molecule has 1 fully saturated rings. The minimum atomic E-state index is -3.49. The number of hydrogen-bond acceptors (Lipinski definition) is 6. The second-order valence-electron chi connectivity index (χ2n) is 2.90. The summed E-state index contributed by atoms with van der Waals surface area (Å²) < 4.78 is 26.6. The molecule has 8 heteroatoms. The van der Waals surface area contributed by atoms with Crippen LogP contribution in [0.15, 0.2) is 0 Å². The molecule has 0 aromatic heterocycles. The second-order valence-corrected chi connectivity index (χ2v) is 5.01. The van der Waals surface area contributed by atoms with Crippen molar-refractivity contribution in [2.24, 2.45) is 0 Å². The molecule has 7 nitrogen and oxygen atoms in total. The van der Waals surface area contributed by atoms with E-state index in [9.17, 15) is 23.3 Å². The van der Waals surface area contributed by atoms with E-state index in [2.05, 4.69) is 4.74 Å². The second kappa shape index (κ2) is 3.45. The van der Waals surface area contributed by atoms with Gasteiger partial charge >= 0.3 is 5.97 Å². The van der Waals surface area contributed by atoms with Gasteiger partial charge in [-0.2, -0.15) is 0 Å². The van der Waals surface area contributed by atoms with Gasteiger partial charge in [-0.15, -0.1) is 4.92 Å². The molecule has 0 spiro atoms. The molecular weight excluding hydrogens is 214 g/mol. The predicted octanol–water partition coefficient (Wildman–Crippen LogP) is -0.845. The summed E-state index contributed by atoms with van der Waals surface area (Å²) in [4.78, 5) is 20.1. The van der Waals surface area contributed by atoms with Gasteiger partial charge in [-0.05, 0) is 0 Å². The van der Waals surface area contributed by atoms with E-state index >= 15 is 0 Å². The van der Waals surface area contributed by atoms with Gasteiger partial charge in [-0.1, -0.05) is 0 Å². The number of ether oxygens (including phenoxy) is 1. The van der Waals surface area contributed by atoms with E-state index in [-0.39, 0.29) is 0 Å².